The monoisotopic (exact) mass is 242 g/mol. The lowest BCUT2D eigenvalue weighted by Crippen LogP contribution is -2.19. The highest BCUT2D eigenvalue weighted by Gasteiger charge is 2.04. The summed E-state index contributed by atoms with van der Waals surface area (Å²) >= 11 is 1.41. The molecule has 0 aliphatic carbocycles. The summed E-state index contributed by atoms with van der Waals surface area (Å²) in [4.78, 5) is 26.0. The van der Waals surface area contributed by atoms with Crippen molar-refractivity contribution in [2.45, 2.75) is 24.9 Å². The minimum Gasteiger partial charge on any atom is -0.481 e. The molecule has 5 nitrogen and oxygen atoms in total. The molecule has 1 rings (SSSR count). The zero-order chi connectivity index (χ0) is 12.1. The first kappa shape index (κ1) is 12.8. The van der Waals surface area contributed by atoms with Gasteiger partial charge in [0.25, 0.3) is 5.56 Å². The minimum atomic E-state index is -0.799. The molecule has 0 aliphatic heterocycles. The number of hydrogen-bond acceptors (Lipinski definition) is 4. The van der Waals surface area contributed by atoms with Crippen molar-refractivity contribution in [2.24, 2.45) is 7.05 Å². The van der Waals surface area contributed by atoms with E-state index in [-0.39, 0.29) is 12.0 Å². The number of aryl methyl sites for hydroxylation is 1. The van der Waals surface area contributed by atoms with Gasteiger partial charge in [-0.2, -0.15) is 0 Å². The number of nitrogens with zero attached hydrogens (tertiary/aromatic N) is 2. The molecule has 0 unspecified atom stereocenters. The van der Waals surface area contributed by atoms with Crippen LogP contribution in [0.2, 0.25) is 0 Å². The van der Waals surface area contributed by atoms with E-state index in [9.17, 15) is 9.59 Å². The van der Waals surface area contributed by atoms with Crippen LogP contribution in [0.3, 0.4) is 0 Å². The number of aliphatic carboxylic acids is 1. The molecular formula is C10H14N2O3S. The number of aromatic nitrogens is 2. The van der Waals surface area contributed by atoms with Crippen LogP contribution >= 0.6 is 11.8 Å². The molecule has 1 aromatic rings. The number of thioether (sulfide) groups is 1. The largest absolute Gasteiger partial charge is 0.481 e. The predicted octanol–water partition coefficient (Wildman–Crippen LogP) is 1.05. The maximum absolute atomic E-state index is 11.4. The van der Waals surface area contributed by atoms with Gasteiger partial charge in [-0.25, -0.2) is 4.98 Å². The van der Waals surface area contributed by atoms with Gasteiger partial charge in [0.15, 0.2) is 5.16 Å². The van der Waals surface area contributed by atoms with Crippen molar-refractivity contribution in [3.8, 4) is 0 Å². The maximum Gasteiger partial charge on any atom is 0.303 e. The van der Waals surface area contributed by atoms with Crippen LogP contribution in [0.1, 0.15) is 18.5 Å². The van der Waals surface area contributed by atoms with Gasteiger partial charge in [0.05, 0.1) is 0 Å². The fourth-order valence-corrected chi connectivity index (χ4v) is 2.11. The van der Waals surface area contributed by atoms with E-state index in [1.165, 1.54) is 22.4 Å². The van der Waals surface area contributed by atoms with Crippen molar-refractivity contribution in [3.63, 3.8) is 0 Å². The molecule has 16 heavy (non-hydrogen) atoms. The Hall–Kier alpha value is -1.30. The third-order valence-corrected chi connectivity index (χ3v) is 3.10. The Morgan fingerprint density at radius 2 is 2.31 bits per heavy atom. The van der Waals surface area contributed by atoms with Crippen LogP contribution in [0.25, 0.3) is 0 Å². The first-order valence-corrected chi connectivity index (χ1v) is 5.88. The van der Waals surface area contributed by atoms with Gasteiger partial charge in [0.2, 0.25) is 0 Å². The smallest absolute Gasteiger partial charge is 0.303 e. The van der Waals surface area contributed by atoms with E-state index in [2.05, 4.69) is 4.98 Å². The number of carbonyl (C=O) groups is 1. The van der Waals surface area contributed by atoms with Crippen LogP contribution in [0.5, 0.6) is 0 Å². The molecule has 0 saturated heterocycles. The topological polar surface area (TPSA) is 72.2 Å². The molecule has 0 fully saturated rings. The normalized spacial score (nSPS) is 10.4. The zero-order valence-corrected chi connectivity index (χ0v) is 10.1. The first-order chi connectivity index (χ1) is 7.50. The van der Waals surface area contributed by atoms with Crippen molar-refractivity contribution in [1.82, 2.24) is 9.55 Å². The molecule has 0 radical (unpaired) electrons. The lowest BCUT2D eigenvalue weighted by atomic mass is 10.3. The first-order valence-electron chi connectivity index (χ1n) is 4.90. The molecule has 1 heterocycles. The van der Waals surface area contributed by atoms with Crippen LogP contribution < -0.4 is 5.56 Å². The molecule has 0 saturated carbocycles. The van der Waals surface area contributed by atoms with E-state index in [0.717, 1.165) is 0 Å². The fourth-order valence-electron chi connectivity index (χ4n) is 1.14. The average Bonchev–Trinajstić information content (AvgIpc) is 2.19. The summed E-state index contributed by atoms with van der Waals surface area (Å²) in [6.45, 7) is 1.77. The van der Waals surface area contributed by atoms with Gasteiger partial charge >= 0.3 is 5.97 Å². The molecule has 0 atom stereocenters. The predicted molar refractivity (Wildman–Crippen MR) is 61.8 cm³/mol. The number of hydrogen-bond donors (Lipinski definition) is 1. The van der Waals surface area contributed by atoms with E-state index in [4.69, 9.17) is 5.11 Å². The summed E-state index contributed by atoms with van der Waals surface area (Å²) in [7, 11) is 1.66. The molecule has 88 valence electrons. The lowest BCUT2D eigenvalue weighted by Gasteiger charge is -2.06. The van der Waals surface area contributed by atoms with Gasteiger partial charge in [0, 0.05) is 31.0 Å². The van der Waals surface area contributed by atoms with E-state index in [1.54, 1.807) is 14.0 Å². The van der Waals surface area contributed by atoms with Crippen LogP contribution in [0.4, 0.5) is 0 Å². The highest BCUT2D eigenvalue weighted by atomic mass is 32.2. The second-order valence-electron chi connectivity index (χ2n) is 3.42. The van der Waals surface area contributed by atoms with Crippen LogP contribution in [0.15, 0.2) is 16.0 Å². The summed E-state index contributed by atoms with van der Waals surface area (Å²) in [6, 6.07) is 1.47. The summed E-state index contributed by atoms with van der Waals surface area (Å²) in [6.07, 6.45) is 0.719. The van der Waals surface area contributed by atoms with Crippen molar-refractivity contribution < 1.29 is 9.90 Å². The molecule has 1 N–H and O–H groups in total. The number of carboxylic acids is 1. The van der Waals surface area contributed by atoms with Crippen molar-refractivity contribution >= 4 is 17.7 Å². The summed E-state index contributed by atoms with van der Waals surface area (Å²) in [5.41, 5.74) is 0.595. The van der Waals surface area contributed by atoms with Gasteiger partial charge < -0.3 is 5.11 Å². The summed E-state index contributed by atoms with van der Waals surface area (Å²) in [5.74, 6) is -0.151. The average molecular weight is 242 g/mol. The number of carboxylic acid groups (broad SMARTS) is 1. The van der Waals surface area contributed by atoms with Crippen molar-refractivity contribution in [2.75, 3.05) is 5.75 Å². The Morgan fingerprint density at radius 1 is 1.62 bits per heavy atom. The Kier molecular flexibility index (Phi) is 4.54. The third kappa shape index (κ3) is 3.69. The van der Waals surface area contributed by atoms with Gasteiger partial charge in [0.1, 0.15) is 0 Å². The molecule has 0 bridgehead atoms. The molecule has 1 aromatic heterocycles. The molecule has 0 amide bonds. The second kappa shape index (κ2) is 5.69. The van der Waals surface area contributed by atoms with Gasteiger partial charge in [-0.15, -0.1) is 0 Å². The molecule has 0 aromatic carbocycles. The Bertz CT molecular complexity index is 442. The van der Waals surface area contributed by atoms with Gasteiger partial charge in [-0.1, -0.05) is 11.8 Å². The molecule has 0 aliphatic rings. The van der Waals surface area contributed by atoms with Crippen molar-refractivity contribution in [3.05, 3.63) is 22.1 Å². The van der Waals surface area contributed by atoms with Gasteiger partial charge in [-0.05, 0) is 13.3 Å². The van der Waals surface area contributed by atoms with Crippen LogP contribution in [-0.4, -0.2) is 26.4 Å². The molecule has 0 spiro atoms. The highest BCUT2D eigenvalue weighted by Crippen LogP contribution is 2.15. The van der Waals surface area contributed by atoms with E-state index in [1.807, 2.05) is 0 Å². The third-order valence-electron chi connectivity index (χ3n) is 1.99. The molecule has 6 heteroatoms. The summed E-state index contributed by atoms with van der Waals surface area (Å²) in [5, 5.41) is 9.11. The highest BCUT2D eigenvalue weighted by molar-refractivity contribution is 7.99. The van der Waals surface area contributed by atoms with E-state index < -0.39 is 5.97 Å². The van der Waals surface area contributed by atoms with Crippen LogP contribution in [-0.2, 0) is 11.8 Å². The van der Waals surface area contributed by atoms with Gasteiger partial charge in [-0.3, -0.25) is 14.2 Å². The second-order valence-corrected chi connectivity index (χ2v) is 4.49. The van der Waals surface area contributed by atoms with E-state index >= 15 is 0 Å². The quantitative estimate of drug-likeness (QED) is 0.474. The Labute approximate surface area is 97.5 Å². The van der Waals surface area contributed by atoms with E-state index in [0.29, 0.717) is 23.0 Å². The standard InChI is InChI=1S/C10H14N2O3S/c1-7-6-8(13)12(2)10(11-7)16-5-3-4-9(14)15/h6H,3-5H2,1-2H3,(H,14,15). The Morgan fingerprint density at radius 3 is 2.94 bits per heavy atom. The maximum atomic E-state index is 11.4. The number of rotatable bonds is 5. The SMILES string of the molecule is Cc1cc(=O)n(C)c(SCCCC(=O)O)n1. The minimum absolute atomic E-state index is 0.0896. The fraction of sp³-hybridized carbons (Fsp3) is 0.500. The molecular weight excluding hydrogens is 228 g/mol. The summed E-state index contributed by atoms with van der Waals surface area (Å²) < 4.78 is 1.47. The van der Waals surface area contributed by atoms with Crippen molar-refractivity contribution in [1.29, 1.82) is 0 Å². The zero-order valence-electron chi connectivity index (χ0n) is 9.27. The Balaban J connectivity index is 2.60. The lowest BCUT2D eigenvalue weighted by molar-refractivity contribution is -0.137. The van der Waals surface area contributed by atoms with Crippen LogP contribution in [0, 0.1) is 6.92 Å².